The zero-order valence-electron chi connectivity index (χ0n) is 11.0. The minimum absolute atomic E-state index is 0.199. The molecular formula is C13H11FN4O3. The predicted octanol–water partition coefficient (Wildman–Crippen LogP) is 2.27. The molecule has 2 aromatic rings. The first-order chi connectivity index (χ1) is 9.90. The van der Waals surface area contributed by atoms with Crippen LogP contribution < -0.4 is 11.1 Å². The van der Waals surface area contributed by atoms with Crippen molar-refractivity contribution < 1.29 is 14.1 Å². The van der Waals surface area contributed by atoms with Crippen molar-refractivity contribution in [3.05, 3.63) is 57.5 Å². The Hall–Kier alpha value is -3.03. The van der Waals surface area contributed by atoms with Crippen molar-refractivity contribution in [2.45, 2.75) is 6.92 Å². The monoisotopic (exact) mass is 290 g/mol. The summed E-state index contributed by atoms with van der Waals surface area (Å²) in [4.78, 5) is 25.9. The van der Waals surface area contributed by atoms with Crippen LogP contribution in [-0.2, 0) is 0 Å². The lowest BCUT2D eigenvalue weighted by Gasteiger charge is -2.08. The number of hydrogen-bond acceptors (Lipinski definition) is 5. The summed E-state index contributed by atoms with van der Waals surface area (Å²) >= 11 is 0. The molecule has 1 aromatic heterocycles. The second kappa shape index (κ2) is 5.53. The number of hydrogen-bond donors (Lipinski definition) is 2. The molecule has 8 heteroatoms. The van der Waals surface area contributed by atoms with Crippen molar-refractivity contribution >= 4 is 23.1 Å². The van der Waals surface area contributed by atoms with Crippen LogP contribution in [-0.4, -0.2) is 15.8 Å². The fraction of sp³-hybridized carbons (Fsp3) is 0.0769. The van der Waals surface area contributed by atoms with Crippen LogP contribution in [0.4, 0.5) is 21.6 Å². The number of nitrogen functional groups attached to an aromatic ring is 1. The van der Waals surface area contributed by atoms with E-state index in [-0.39, 0.29) is 5.82 Å². The first-order valence-corrected chi connectivity index (χ1v) is 5.86. The van der Waals surface area contributed by atoms with Crippen LogP contribution in [0.15, 0.2) is 30.5 Å². The van der Waals surface area contributed by atoms with Crippen LogP contribution in [0.2, 0.25) is 0 Å². The van der Waals surface area contributed by atoms with Gasteiger partial charge in [-0.3, -0.25) is 14.9 Å². The Kier molecular flexibility index (Phi) is 3.79. The SMILES string of the molecule is Cc1ccnc(NC(=O)c2c(F)ccc([N+](=O)[O-])c2N)c1. The molecule has 1 heterocycles. The van der Waals surface area contributed by atoms with E-state index in [1.807, 2.05) is 0 Å². The average molecular weight is 290 g/mol. The van der Waals surface area contributed by atoms with Crippen LogP contribution in [0.5, 0.6) is 0 Å². The van der Waals surface area contributed by atoms with Gasteiger partial charge < -0.3 is 11.1 Å². The van der Waals surface area contributed by atoms with Crippen molar-refractivity contribution in [3.8, 4) is 0 Å². The molecule has 0 fully saturated rings. The molecule has 0 spiro atoms. The minimum Gasteiger partial charge on any atom is -0.392 e. The normalized spacial score (nSPS) is 10.2. The number of nitro benzene ring substituents is 1. The third-order valence-corrected chi connectivity index (χ3v) is 2.75. The van der Waals surface area contributed by atoms with E-state index in [2.05, 4.69) is 10.3 Å². The highest BCUT2D eigenvalue weighted by molar-refractivity contribution is 6.08. The van der Waals surface area contributed by atoms with Gasteiger partial charge in [0, 0.05) is 12.3 Å². The first-order valence-electron chi connectivity index (χ1n) is 5.86. The average Bonchev–Trinajstić information content (AvgIpc) is 2.38. The lowest BCUT2D eigenvalue weighted by molar-refractivity contribution is -0.384. The summed E-state index contributed by atoms with van der Waals surface area (Å²) in [5.74, 6) is -1.64. The van der Waals surface area contributed by atoms with E-state index in [4.69, 9.17) is 5.73 Å². The van der Waals surface area contributed by atoms with Crippen molar-refractivity contribution in [2.75, 3.05) is 11.1 Å². The minimum atomic E-state index is -0.941. The molecule has 1 aromatic carbocycles. The Morgan fingerprint density at radius 2 is 2.14 bits per heavy atom. The molecule has 0 radical (unpaired) electrons. The van der Waals surface area contributed by atoms with Gasteiger partial charge in [0.2, 0.25) is 0 Å². The van der Waals surface area contributed by atoms with E-state index in [1.54, 1.807) is 19.1 Å². The Morgan fingerprint density at radius 3 is 2.76 bits per heavy atom. The molecule has 1 amide bonds. The number of amides is 1. The van der Waals surface area contributed by atoms with Gasteiger partial charge in [-0.25, -0.2) is 9.37 Å². The molecule has 3 N–H and O–H groups in total. The smallest absolute Gasteiger partial charge is 0.293 e. The van der Waals surface area contributed by atoms with Crippen LogP contribution >= 0.6 is 0 Å². The van der Waals surface area contributed by atoms with Gasteiger partial charge in [0.15, 0.2) is 0 Å². The lowest BCUT2D eigenvalue weighted by atomic mass is 10.1. The summed E-state index contributed by atoms with van der Waals surface area (Å²) in [6.45, 7) is 1.79. The number of nitro groups is 1. The standard InChI is InChI=1S/C13H11FN4O3/c1-7-4-5-16-10(6-7)17-13(19)11-8(14)2-3-9(12(11)15)18(20)21/h2-6H,15H2,1H3,(H,16,17,19). The van der Waals surface area contributed by atoms with Crippen LogP contribution in [0, 0.1) is 22.9 Å². The maximum absolute atomic E-state index is 13.7. The second-order valence-corrected chi connectivity index (χ2v) is 4.28. The molecule has 0 aliphatic heterocycles. The van der Waals surface area contributed by atoms with Gasteiger partial charge in [0.25, 0.3) is 11.6 Å². The quantitative estimate of drug-likeness (QED) is 0.511. The lowest BCUT2D eigenvalue weighted by Crippen LogP contribution is -2.17. The number of nitrogens with two attached hydrogens (primary N) is 1. The molecule has 0 saturated carbocycles. The number of aromatic nitrogens is 1. The number of anilines is 2. The van der Waals surface area contributed by atoms with Crippen LogP contribution in [0.3, 0.4) is 0 Å². The fourth-order valence-electron chi connectivity index (χ4n) is 1.76. The number of halogens is 1. The molecule has 0 bridgehead atoms. The summed E-state index contributed by atoms with van der Waals surface area (Å²) in [7, 11) is 0. The number of carbonyl (C=O) groups is 1. The Morgan fingerprint density at radius 1 is 1.43 bits per heavy atom. The van der Waals surface area contributed by atoms with Gasteiger partial charge in [-0.1, -0.05) is 0 Å². The molecule has 108 valence electrons. The number of nitrogens with zero attached hydrogens (tertiary/aromatic N) is 2. The summed E-state index contributed by atoms with van der Waals surface area (Å²) in [6, 6.07) is 5.03. The summed E-state index contributed by atoms with van der Waals surface area (Å²) in [5.41, 5.74) is 4.72. The molecule has 0 atom stereocenters. The van der Waals surface area contributed by atoms with Crippen LogP contribution in [0.1, 0.15) is 15.9 Å². The number of aryl methyl sites for hydroxylation is 1. The molecule has 0 unspecified atom stereocenters. The van der Waals surface area contributed by atoms with E-state index in [1.165, 1.54) is 6.20 Å². The summed E-state index contributed by atoms with van der Waals surface area (Å²) < 4.78 is 13.7. The van der Waals surface area contributed by atoms with Crippen molar-refractivity contribution in [3.63, 3.8) is 0 Å². The van der Waals surface area contributed by atoms with Crippen molar-refractivity contribution in [2.24, 2.45) is 0 Å². The number of carbonyl (C=O) groups excluding carboxylic acids is 1. The van der Waals surface area contributed by atoms with E-state index >= 15 is 0 Å². The molecular weight excluding hydrogens is 279 g/mol. The van der Waals surface area contributed by atoms with Gasteiger partial charge in [-0.15, -0.1) is 0 Å². The molecule has 0 aliphatic rings. The Balaban J connectivity index is 2.39. The van der Waals surface area contributed by atoms with E-state index in [9.17, 15) is 19.3 Å². The highest BCUT2D eigenvalue weighted by Crippen LogP contribution is 2.27. The number of pyridine rings is 1. The van der Waals surface area contributed by atoms with E-state index < -0.39 is 33.6 Å². The van der Waals surface area contributed by atoms with Gasteiger partial charge in [0.05, 0.1) is 4.92 Å². The third kappa shape index (κ3) is 2.94. The van der Waals surface area contributed by atoms with E-state index in [0.717, 1.165) is 17.7 Å². The molecule has 0 saturated heterocycles. The summed E-state index contributed by atoms with van der Waals surface area (Å²) in [6.07, 6.45) is 1.47. The topological polar surface area (TPSA) is 111 Å². The number of nitrogens with one attached hydrogen (secondary N) is 1. The molecule has 7 nitrogen and oxygen atoms in total. The van der Waals surface area contributed by atoms with Gasteiger partial charge in [0.1, 0.15) is 22.9 Å². The number of rotatable bonds is 3. The zero-order chi connectivity index (χ0) is 15.6. The van der Waals surface area contributed by atoms with Crippen molar-refractivity contribution in [1.82, 2.24) is 4.98 Å². The van der Waals surface area contributed by atoms with E-state index in [0.29, 0.717) is 0 Å². The fourth-order valence-corrected chi connectivity index (χ4v) is 1.76. The molecule has 21 heavy (non-hydrogen) atoms. The first kappa shape index (κ1) is 14.4. The largest absolute Gasteiger partial charge is 0.392 e. The van der Waals surface area contributed by atoms with Gasteiger partial charge in [-0.2, -0.15) is 0 Å². The Labute approximate surface area is 118 Å². The number of benzene rings is 1. The maximum Gasteiger partial charge on any atom is 0.293 e. The summed E-state index contributed by atoms with van der Waals surface area (Å²) in [5, 5.41) is 13.1. The predicted molar refractivity (Wildman–Crippen MR) is 74.4 cm³/mol. The van der Waals surface area contributed by atoms with Gasteiger partial charge >= 0.3 is 0 Å². The molecule has 0 aliphatic carbocycles. The maximum atomic E-state index is 13.7. The Bertz CT molecular complexity index is 733. The zero-order valence-corrected chi connectivity index (χ0v) is 11.0. The van der Waals surface area contributed by atoms with Crippen molar-refractivity contribution in [1.29, 1.82) is 0 Å². The highest BCUT2D eigenvalue weighted by atomic mass is 19.1. The second-order valence-electron chi connectivity index (χ2n) is 4.28. The highest BCUT2D eigenvalue weighted by Gasteiger charge is 2.24. The third-order valence-electron chi connectivity index (χ3n) is 2.75. The van der Waals surface area contributed by atoms with Crippen LogP contribution in [0.25, 0.3) is 0 Å². The molecule has 2 rings (SSSR count). The van der Waals surface area contributed by atoms with Gasteiger partial charge in [-0.05, 0) is 30.7 Å².